The van der Waals surface area contributed by atoms with E-state index in [-0.39, 0.29) is 5.91 Å². The number of carbonyl (C=O) groups excluding carboxylic acids is 1. The molecule has 36 heavy (non-hydrogen) atoms. The average molecular weight is 501 g/mol. The lowest BCUT2D eigenvalue weighted by Gasteiger charge is -2.37. The molecule has 1 N–H and O–H groups in total. The van der Waals surface area contributed by atoms with E-state index in [0.717, 1.165) is 24.3 Å². The number of anilines is 2. The molecule has 1 aromatic heterocycles. The summed E-state index contributed by atoms with van der Waals surface area (Å²) in [6.45, 7) is 5.05. The minimum absolute atomic E-state index is 0.272. The molecule has 0 spiro atoms. The summed E-state index contributed by atoms with van der Waals surface area (Å²) in [5.74, 6) is -0.272. The molecule has 2 aromatic carbocycles. The number of hydrogen-bond donors (Lipinski definition) is 1. The molecule has 2 aliphatic rings. The Balaban J connectivity index is 1.29. The van der Waals surface area contributed by atoms with Crippen molar-refractivity contribution in [2.75, 3.05) is 29.9 Å². The lowest BCUT2D eigenvalue weighted by Crippen LogP contribution is -2.42. The molecule has 3 heterocycles. The first-order chi connectivity index (χ1) is 17.5. The fourth-order valence-electron chi connectivity index (χ4n) is 5.03. The van der Waals surface area contributed by atoms with Crippen LogP contribution in [0.2, 0.25) is 5.02 Å². The topological polar surface area (TPSA) is 77.2 Å². The SMILES string of the molecule is Cc1c(C(=O)Nc2ccc(N3C=CC(N4CCCCC4)CC3)c(C#N)c2)cnn1-c1ccc(Cl)cc1. The Kier molecular flexibility index (Phi) is 7.08. The summed E-state index contributed by atoms with van der Waals surface area (Å²) >= 11 is 5.98. The molecule has 0 bridgehead atoms. The zero-order chi connectivity index (χ0) is 25.1. The van der Waals surface area contributed by atoms with Gasteiger partial charge < -0.3 is 10.2 Å². The van der Waals surface area contributed by atoms with Gasteiger partial charge >= 0.3 is 0 Å². The number of amides is 1. The molecular formula is C28H29ClN6O. The normalized spacial score (nSPS) is 18.1. The molecule has 0 saturated carbocycles. The first-order valence-corrected chi connectivity index (χ1v) is 12.8. The number of nitriles is 1. The highest BCUT2D eigenvalue weighted by molar-refractivity contribution is 6.30. The van der Waals surface area contributed by atoms with Gasteiger partial charge in [0.1, 0.15) is 6.07 Å². The van der Waals surface area contributed by atoms with Crippen molar-refractivity contribution in [2.45, 2.75) is 38.6 Å². The highest BCUT2D eigenvalue weighted by atomic mass is 35.5. The summed E-state index contributed by atoms with van der Waals surface area (Å²) in [7, 11) is 0. The van der Waals surface area contributed by atoms with Crippen LogP contribution in [0.25, 0.3) is 5.69 Å². The standard InChI is InChI=1S/C28H29ClN6O/c1-20-26(19-31-35(20)25-8-5-22(29)6-9-25)28(36)32-23-7-10-27(21(17-23)18-30)34-15-11-24(12-16-34)33-13-3-2-4-14-33/h5-11,15,17,19,24H,2-4,12-14,16H2,1H3,(H,32,36). The number of piperidine rings is 1. The molecule has 1 fully saturated rings. The van der Waals surface area contributed by atoms with Gasteiger partial charge in [0.15, 0.2) is 0 Å². The molecule has 1 amide bonds. The van der Waals surface area contributed by atoms with E-state index in [9.17, 15) is 10.1 Å². The van der Waals surface area contributed by atoms with Crippen LogP contribution in [0.4, 0.5) is 11.4 Å². The summed E-state index contributed by atoms with van der Waals surface area (Å²) in [6, 6.07) is 15.5. The molecular weight excluding hydrogens is 472 g/mol. The Morgan fingerprint density at radius 1 is 1.11 bits per heavy atom. The molecule has 8 heteroatoms. The number of nitrogens with zero attached hydrogens (tertiary/aromatic N) is 5. The summed E-state index contributed by atoms with van der Waals surface area (Å²) in [4.78, 5) is 17.7. The molecule has 5 rings (SSSR count). The van der Waals surface area contributed by atoms with Crippen molar-refractivity contribution < 1.29 is 4.79 Å². The van der Waals surface area contributed by atoms with Crippen LogP contribution in [0.1, 0.15) is 47.3 Å². The van der Waals surface area contributed by atoms with Gasteiger partial charge in [-0.25, -0.2) is 4.68 Å². The Morgan fingerprint density at radius 2 is 1.89 bits per heavy atom. The number of halogens is 1. The maximum absolute atomic E-state index is 13.0. The highest BCUT2D eigenvalue weighted by Gasteiger charge is 2.23. The molecule has 0 radical (unpaired) electrons. The number of benzene rings is 2. The van der Waals surface area contributed by atoms with Gasteiger partial charge in [-0.3, -0.25) is 9.69 Å². The quantitative estimate of drug-likeness (QED) is 0.498. The van der Waals surface area contributed by atoms with Crippen LogP contribution in [0.3, 0.4) is 0 Å². The summed E-state index contributed by atoms with van der Waals surface area (Å²) in [6.07, 6.45) is 10.8. The molecule has 2 aliphatic heterocycles. The van der Waals surface area contributed by atoms with Gasteiger partial charge in [-0.15, -0.1) is 0 Å². The monoisotopic (exact) mass is 500 g/mol. The van der Waals surface area contributed by atoms with Crippen LogP contribution < -0.4 is 10.2 Å². The predicted molar refractivity (Wildman–Crippen MR) is 143 cm³/mol. The van der Waals surface area contributed by atoms with E-state index in [4.69, 9.17) is 11.6 Å². The van der Waals surface area contributed by atoms with Crippen LogP contribution in [0, 0.1) is 18.3 Å². The van der Waals surface area contributed by atoms with E-state index < -0.39 is 0 Å². The summed E-state index contributed by atoms with van der Waals surface area (Å²) in [5.41, 5.74) is 3.97. The van der Waals surface area contributed by atoms with E-state index in [1.165, 1.54) is 32.4 Å². The lowest BCUT2D eigenvalue weighted by molar-refractivity contribution is 0.102. The number of rotatable bonds is 5. The average Bonchev–Trinajstić information content (AvgIpc) is 3.31. The molecule has 1 saturated heterocycles. The van der Waals surface area contributed by atoms with Crippen LogP contribution in [0.15, 0.2) is 60.9 Å². The maximum Gasteiger partial charge on any atom is 0.259 e. The second kappa shape index (κ2) is 10.6. The third-order valence-corrected chi connectivity index (χ3v) is 7.28. The number of nitrogens with one attached hydrogen (secondary N) is 1. The lowest BCUT2D eigenvalue weighted by atomic mass is 10.0. The first-order valence-electron chi connectivity index (χ1n) is 12.4. The van der Waals surface area contributed by atoms with Crippen LogP contribution in [-0.2, 0) is 0 Å². The zero-order valence-electron chi connectivity index (χ0n) is 20.3. The predicted octanol–water partition coefficient (Wildman–Crippen LogP) is 5.54. The van der Waals surface area contributed by atoms with Gasteiger partial charge in [0.25, 0.3) is 5.91 Å². The van der Waals surface area contributed by atoms with Crippen LogP contribution >= 0.6 is 11.6 Å². The fraction of sp³-hybridized carbons (Fsp3) is 0.321. The van der Waals surface area contributed by atoms with Crippen molar-refractivity contribution in [3.63, 3.8) is 0 Å². The fourth-order valence-corrected chi connectivity index (χ4v) is 5.15. The van der Waals surface area contributed by atoms with Gasteiger partial charge in [0.05, 0.1) is 34.4 Å². The molecule has 1 unspecified atom stereocenters. The number of carbonyl (C=O) groups is 1. The van der Waals surface area contributed by atoms with Crippen molar-refractivity contribution in [1.82, 2.24) is 14.7 Å². The van der Waals surface area contributed by atoms with E-state index in [1.807, 2.05) is 31.2 Å². The van der Waals surface area contributed by atoms with Gasteiger partial charge in [-0.2, -0.15) is 10.4 Å². The van der Waals surface area contributed by atoms with E-state index >= 15 is 0 Å². The number of likely N-dealkylation sites (tertiary alicyclic amines) is 1. The molecule has 7 nitrogen and oxygen atoms in total. The van der Waals surface area contributed by atoms with Crippen molar-refractivity contribution in [3.05, 3.63) is 82.8 Å². The van der Waals surface area contributed by atoms with Crippen molar-refractivity contribution >= 4 is 28.9 Å². The third kappa shape index (κ3) is 5.01. The second-order valence-electron chi connectivity index (χ2n) is 9.32. The Labute approximate surface area is 216 Å². The van der Waals surface area contributed by atoms with E-state index in [0.29, 0.717) is 33.6 Å². The van der Waals surface area contributed by atoms with Crippen molar-refractivity contribution in [2.24, 2.45) is 0 Å². The van der Waals surface area contributed by atoms with Crippen LogP contribution in [-0.4, -0.2) is 46.3 Å². The number of hydrogen-bond acceptors (Lipinski definition) is 5. The van der Waals surface area contributed by atoms with Crippen molar-refractivity contribution in [1.29, 1.82) is 5.26 Å². The second-order valence-corrected chi connectivity index (χ2v) is 9.75. The summed E-state index contributed by atoms with van der Waals surface area (Å²) < 4.78 is 1.70. The summed E-state index contributed by atoms with van der Waals surface area (Å²) in [5, 5.41) is 17.8. The smallest absolute Gasteiger partial charge is 0.259 e. The van der Waals surface area contributed by atoms with Crippen molar-refractivity contribution in [3.8, 4) is 11.8 Å². The van der Waals surface area contributed by atoms with Crippen LogP contribution in [0.5, 0.6) is 0 Å². The maximum atomic E-state index is 13.0. The molecule has 1 atom stereocenters. The van der Waals surface area contributed by atoms with Gasteiger partial charge in [0, 0.05) is 29.5 Å². The number of aromatic nitrogens is 2. The van der Waals surface area contributed by atoms with Gasteiger partial charge in [-0.05, 0) is 81.7 Å². The van der Waals surface area contributed by atoms with E-state index in [1.54, 1.807) is 29.1 Å². The Hall–Kier alpha value is -3.60. The first kappa shape index (κ1) is 24.1. The highest BCUT2D eigenvalue weighted by Crippen LogP contribution is 2.28. The minimum atomic E-state index is -0.272. The van der Waals surface area contributed by atoms with Gasteiger partial charge in [-0.1, -0.05) is 24.1 Å². The minimum Gasteiger partial charge on any atom is -0.347 e. The Morgan fingerprint density at radius 3 is 2.58 bits per heavy atom. The Bertz CT molecular complexity index is 1320. The third-order valence-electron chi connectivity index (χ3n) is 7.02. The van der Waals surface area contributed by atoms with E-state index in [2.05, 4.69) is 38.6 Å². The molecule has 0 aliphatic carbocycles. The zero-order valence-corrected chi connectivity index (χ0v) is 21.1. The van der Waals surface area contributed by atoms with Gasteiger partial charge in [0.2, 0.25) is 0 Å². The largest absolute Gasteiger partial charge is 0.347 e. The molecule has 3 aromatic rings. The molecule has 184 valence electrons.